The summed E-state index contributed by atoms with van der Waals surface area (Å²) < 4.78 is 15.5. The van der Waals surface area contributed by atoms with Gasteiger partial charge in [0.25, 0.3) is 0 Å². The van der Waals surface area contributed by atoms with Crippen molar-refractivity contribution in [3.63, 3.8) is 0 Å². The first-order chi connectivity index (χ1) is 15.5. The highest BCUT2D eigenvalue weighted by atomic mass is 19.1. The summed E-state index contributed by atoms with van der Waals surface area (Å²) in [5, 5.41) is 22.3. The van der Waals surface area contributed by atoms with Gasteiger partial charge in [-0.2, -0.15) is 0 Å². The van der Waals surface area contributed by atoms with Gasteiger partial charge in [-0.25, -0.2) is 4.39 Å². The Morgan fingerprint density at radius 1 is 1.09 bits per heavy atom. The zero-order valence-corrected chi connectivity index (χ0v) is 21.4. The Morgan fingerprint density at radius 2 is 1.79 bits per heavy atom. The van der Waals surface area contributed by atoms with E-state index in [1.165, 1.54) is 0 Å². The van der Waals surface area contributed by atoms with Gasteiger partial charge < -0.3 is 10.2 Å². The topological polar surface area (TPSA) is 57.5 Å². The van der Waals surface area contributed by atoms with Crippen LogP contribution in [0.15, 0.2) is 23.8 Å². The molecule has 11 atom stereocenters. The molecule has 4 aliphatic rings. The molecule has 0 aromatic rings. The van der Waals surface area contributed by atoms with Crippen molar-refractivity contribution in [1.82, 2.24) is 0 Å². The predicted molar refractivity (Wildman–Crippen MR) is 130 cm³/mol. The van der Waals surface area contributed by atoms with E-state index in [1.54, 1.807) is 12.2 Å². The summed E-state index contributed by atoms with van der Waals surface area (Å²) >= 11 is 0. The molecule has 0 radical (unpaired) electrons. The van der Waals surface area contributed by atoms with Crippen molar-refractivity contribution in [2.45, 2.75) is 98.4 Å². The van der Waals surface area contributed by atoms with Crippen molar-refractivity contribution < 1.29 is 19.4 Å². The molecule has 0 aromatic carbocycles. The second kappa shape index (κ2) is 8.90. The fraction of sp³-hybridized carbons (Fsp3) is 0.828. The van der Waals surface area contributed by atoms with E-state index < -0.39 is 18.4 Å². The number of alkyl halides is 1. The normalized spacial score (nSPS) is 43.9. The summed E-state index contributed by atoms with van der Waals surface area (Å²) in [7, 11) is 0. The molecule has 33 heavy (non-hydrogen) atoms. The van der Waals surface area contributed by atoms with E-state index in [1.807, 2.05) is 6.08 Å². The average Bonchev–Trinajstić information content (AvgIpc) is 3.11. The van der Waals surface area contributed by atoms with Crippen LogP contribution in [-0.4, -0.2) is 34.4 Å². The first-order valence-corrected chi connectivity index (χ1v) is 13.4. The highest BCUT2D eigenvalue weighted by Crippen LogP contribution is 2.67. The Kier molecular flexibility index (Phi) is 6.77. The lowest BCUT2D eigenvalue weighted by molar-refractivity contribution is -0.112. The Balaban J connectivity index is 1.57. The SMILES string of the molecule is CC[C@@H](C(C)C)[C@H](O)[C@@H](O)[C@@H](C)[C@H]1CCC2C3C[C@H](F)C4=CC(=O)C=C[C@]4(C)[C@H]3CC[C@@]21C. The highest BCUT2D eigenvalue weighted by Gasteiger charge is 2.61. The second-order valence-electron chi connectivity index (χ2n) is 12.6. The minimum atomic E-state index is -1.05. The van der Waals surface area contributed by atoms with Crippen LogP contribution in [0.4, 0.5) is 4.39 Å². The molecule has 0 saturated heterocycles. The molecule has 0 bridgehead atoms. The maximum atomic E-state index is 15.5. The van der Waals surface area contributed by atoms with Crippen molar-refractivity contribution >= 4 is 5.78 Å². The maximum absolute atomic E-state index is 15.5. The first kappa shape index (κ1) is 25.1. The molecule has 186 valence electrons. The highest BCUT2D eigenvalue weighted by molar-refractivity contribution is 6.01. The number of hydrogen-bond acceptors (Lipinski definition) is 3. The lowest BCUT2D eigenvalue weighted by Crippen LogP contribution is -2.53. The fourth-order valence-electron chi connectivity index (χ4n) is 9.01. The summed E-state index contributed by atoms with van der Waals surface area (Å²) in [5.74, 6) is 1.80. The van der Waals surface area contributed by atoms with Crippen LogP contribution in [0.1, 0.15) is 80.1 Å². The van der Waals surface area contributed by atoms with Gasteiger partial charge in [-0.15, -0.1) is 0 Å². The molecule has 0 heterocycles. The molecule has 3 nitrogen and oxygen atoms in total. The second-order valence-corrected chi connectivity index (χ2v) is 12.6. The molecule has 3 saturated carbocycles. The molecule has 0 spiro atoms. The molecule has 2 N–H and O–H groups in total. The monoisotopic (exact) mass is 460 g/mol. The van der Waals surface area contributed by atoms with Crippen molar-refractivity contribution in [2.75, 3.05) is 0 Å². The van der Waals surface area contributed by atoms with Crippen molar-refractivity contribution in [2.24, 2.45) is 52.3 Å². The van der Waals surface area contributed by atoms with Gasteiger partial charge in [-0.05, 0) is 96.7 Å². The van der Waals surface area contributed by atoms with Crippen molar-refractivity contribution in [1.29, 1.82) is 0 Å². The summed E-state index contributed by atoms with van der Waals surface area (Å²) in [6, 6.07) is 0. The zero-order valence-electron chi connectivity index (χ0n) is 21.4. The van der Waals surface area contributed by atoms with Crippen molar-refractivity contribution in [3.05, 3.63) is 23.8 Å². The summed E-state index contributed by atoms with van der Waals surface area (Å²) in [4.78, 5) is 12.0. The van der Waals surface area contributed by atoms with Crippen LogP contribution in [0.2, 0.25) is 0 Å². The van der Waals surface area contributed by atoms with E-state index in [2.05, 4.69) is 41.5 Å². The van der Waals surface area contributed by atoms with E-state index in [4.69, 9.17) is 0 Å². The van der Waals surface area contributed by atoms with Gasteiger partial charge in [-0.3, -0.25) is 4.79 Å². The molecule has 4 heteroatoms. The molecular weight excluding hydrogens is 415 g/mol. The van der Waals surface area contributed by atoms with E-state index in [0.717, 1.165) is 32.1 Å². The molecular formula is C29H45FO3. The number of rotatable bonds is 6. The largest absolute Gasteiger partial charge is 0.390 e. The Morgan fingerprint density at radius 3 is 2.42 bits per heavy atom. The number of hydrogen-bond donors (Lipinski definition) is 2. The summed E-state index contributed by atoms with van der Waals surface area (Å²) in [6.07, 6.45) is 8.30. The standard InChI is InChI=1S/C29H45FO3/c1-7-19(16(2)3)27(33)26(32)17(4)21-8-9-22-20-15-25(30)24-14-18(31)10-12-29(24,6)23(20)11-13-28(21,22)5/h10,12,14,16-17,19-23,25-27,32-33H,7-9,11,13,15H2,1-6H3/t17-,19-,20?,21+,22?,23-,25-,26-,27-,28+,29+/m0/s1. The lowest BCUT2D eigenvalue weighted by Gasteiger charge is -2.58. The minimum Gasteiger partial charge on any atom is -0.390 e. The molecule has 4 rings (SSSR count). The third-order valence-electron chi connectivity index (χ3n) is 10.9. The van der Waals surface area contributed by atoms with Gasteiger partial charge in [0.2, 0.25) is 0 Å². The molecule has 2 unspecified atom stereocenters. The van der Waals surface area contributed by atoms with E-state index in [0.29, 0.717) is 41.6 Å². The van der Waals surface area contributed by atoms with Crippen LogP contribution in [0.5, 0.6) is 0 Å². The van der Waals surface area contributed by atoms with E-state index in [-0.39, 0.29) is 28.4 Å². The predicted octanol–water partition coefficient (Wildman–Crippen LogP) is 5.90. The first-order valence-electron chi connectivity index (χ1n) is 13.4. The molecule has 0 aliphatic heterocycles. The van der Waals surface area contributed by atoms with Crippen LogP contribution >= 0.6 is 0 Å². The number of aliphatic hydroxyl groups excluding tert-OH is 2. The quantitative estimate of drug-likeness (QED) is 0.519. The lowest BCUT2D eigenvalue weighted by atomic mass is 9.47. The van der Waals surface area contributed by atoms with Gasteiger partial charge in [-0.1, -0.05) is 54.0 Å². The van der Waals surface area contributed by atoms with Crippen LogP contribution in [0.3, 0.4) is 0 Å². The van der Waals surface area contributed by atoms with Gasteiger partial charge in [0, 0.05) is 5.41 Å². The maximum Gasteiger partial charge on any atom is 0.178 e. The van der Waals surface area contributed by atoms with Gasteiger partial charge in [0.1, 0.15) is 6.17 Å². The zero-order chi connectivity index (χ0) is 24.3. The summed E-state index contributed by atoms with van der Waals surface area (Å²) in [5.41, 5.74) is 0.398. The van der Waals surface area contributed by atoms with Crippen LogP contribution < -0.4 is 0 Å². The van der Waals surface area contributed by atoms with Gasteiger partial charge in [0.15, 0.2) is 5.78 Å². The molecule has 3 fully saturated rings. The average molecular weight is 461 g/mol. The number of aliphatic hydroxyl groups is 2. The smallest absolute Gasteiger partial charge is 0.178 e. The Hall–Kier alpha value is -1.00. The van der Waals surface area contributed by atoms with Crippen molar-refractivity contribution in [3.8, 4) is 0 Å². The number of carbonyl (C=O) groups is 1. The molecule has 0 amide bonds. The summed E-state index contributed by atoms with van der Waals surface area (Å²) in [6.45, 7) is 13.0. The fourth-order valence-corrected chi connectivity index (χ4v) is 9.01. The number of fused-ring (bicyclic) bond motifs is 5. The van der Waals surface area contributed by atoms with Gasteiger partial charge >= 0.3 is 0 Å². The minimum absolute atomic E-state index is 0.0161. The number of carbonyl (C=O) groups excluding carboxylic acids is 1. The number of halogens is 1. The molecule has 0 aromatic heterocycles. The third-order valence-corrected chi connectivity index (χ3v) is 10.9. The molecule has 4 aliphatic carbocycles. The number of ketones is 1. The van der Waals surface area contributed by atoms with Crippen LogP contribution in [0, 0.1) is 52.3 Å². The van der Waals surface area contributed by atoms with Gasteiger partial charge in [0.05, 0.1) is 12.2 Å². The van der Waals surface area contributed by atoms with E-state index in [9.17, 15) is 15.0 Å². The van der Waals surface area contributed by atoms with Crippen LogP contribution in [-0.2, 0) is 4.79 Å². The third kappa shape index (κ3) is 3.88. The van der Waals surface area contributed by atoms with E-state index >= 15 is 4.39 Å². The van der Waals surface area contributed by atoms with Crippen LogP contribution in [0.25, 0.3) is 0 Å². The Bertz CT molecular complexity index is 818. The number of allylic oxidation sites excluding steroid dienone is 4. The Labute approximate surface area is 199 Å².